The quantitative estimate of drug-likeness (QED) is 0.535. The molecule has 1 aliphatic heterocycles. The molecule has 1 fully saturated rings. The van der Waals surface area contributed by atoms with Gasteiger partial charge in [-0.1, -0.05) is 12.6 Å². The summed E-state index contributed by atoms with van der Waals surface area (Å²) in [5, 5.41) is 6.91. The number of amides is 2. The van der Waals surface area contributed by atoms with Crippen LogP contribution in [-0.4, -0.2) is 23.9 Å². The number of hydrogen-bond acceptors (Lipinski definition) is 4. The van der Waals surface area contributed by atoms with Gasteiger partial charge in [-0.05, 0) is 53.5 Å². The molecule has 136 valence electrons. The van der Waals surface area contributed by atoms with Gasteiger partial charge in [0.05, 0.1) is 11.4 Å². The summed E-state index contributed by atoms with van der Waals surface area (Å²) in [5.41, 5.74) is 10.1. The van der Waals surface area contributed by atoms with E-state index in [4.69, 9.17) is 5.73 Å². The Balaban J connectivity index is 1.80. The summed E-state index contributed by atoms with van der Waals surface area (Å²) < 4.78 is 0. The lowest BCUT2D eigenvalue weighted by Crippen LogP contribution is -2.29. The highest BCUT2D eigenvalue weighted by Crippen LogP contribution is 2.35. The van der Waals surface area contributed by atoms with Gasteiger partial charge in [0, 0.05) is 24.4 Å². The third-order valence-corrected chi connectivity index (χ3v) is 4.68. The SMILES string of the molecule is C=CNc1ccc(N2C(=O)NC(=NC)C2c2ccc3[nH]ccc3c2)cc1N. The van der Waals surface area contributed by atoms with Crippen LogP contribution < -0.4 is 21.3 Å². The molecule has 2 aromatic carbocycles. The highest BCUT2D eigenvalue weighted by atomic mass is 16.2. The molecule has 0 aliphatic carbocycles. The number of carbonyl (C=O) groups excluding carboxylic acids is 1. The maximum atomic E-state index is 12.7. The van der Waals surface area contributed by atoms with Crippen LogP contribution >= 0.6 is 0 Å². The first-order valence-corrected chi connectivity index (χ1v) is 8.53. The number of nitrogen functional groups attached to an aromatic ring is 1. The van der Waals surface area contributed by atoms with Gasteiger partial charge < -0.3 is 16.0 Å². The largest absolute Gasteiger partial charge is 0.397 e. The zero-order valence-electron chi connectivity index (χ0n) is 14.9. The normalized spacial score (nSPS) is 18.1. The number of hydrogen-bond donors (Lipinski definition) is 4. The number of aromatic amines is 1. The summed E-state index contributed by atoms with van der Waals surface area (Å²) in [6, 6.07) is 12.9. The lowest BCUT2D eigenvalue weighted by molar-refractivity contribution is 0.252. The summed E-state index contributed by atoms with van der Waals surface area (Å²) >= 11 is 0. The second-order valence-corrected chi connectivity index (χ2v) is 6.26. The number of H-pyrrole nitrogens is 1. The van der Waals surface area contributed by atoms with Crippen LogP contribution in [0.25, 0.3) is 10.9 Å². The predicted octanol–water partition coefficient (Wildman–Crippen LogP) is 3.60. The van der Waals surface area contributed by atoms with E-state index in [1.807, 2.05) is 36.5 Å². The molecule has 1 saturated heterocycles. The molecule has 1 unspecified atom stereocenters. The number of urea groups is 1. The monoisotopic (exact) mass is 360 g/mol. The molecule has 4 rings (SSSR count). The number of nitrogens with one attached hydrogen (secondary N) is 3. The van der Waals surface area contributed by atoms with Crippen LogP contribution in [-0.2, 0) is 0 Å². The molecule has 1 aliphatic rings. The fourth-order valence-corrected chi connectivity index (χ4v) is 3.41. The van der Waals surface area contributed by atoms with Crippen LogP contribution in [0.4, 0.5) is 21.9 Å². The van der Waals surface area contributed by atoms with Crippen LogP contribution in [0.1, 0.15) is 11.6 Å². The molecule has 7 nitrogen and oxygen atoms in total. The van der Waals surface area contributed by atoms with Crippen molar-refractivity contribution in [3.05, 3.63) is 67.0 Å². The Hall–Kier alpha value is -3.74. The molecular weight excluding hydrogens is 340 g/mol. The molecule has 7 heteroatoms. The highest BCUT2D eigenvalue weighted by Gasteiger charge is 2.38. The van der Waals surface area contributed by atoms with Gasteiger partial charge in [0.1, 0.15) is 11.9 Å². The summed E-state index contributed by atoms with van der Waals surface area (Å²) in [6.07, 6.45) is 3.45. The Kier molecular flexibility index (Phi) is 4.04. The van der Waals surface area contributed by atoms with E-state index >= 15 is 0 Å². The summed E-state index contributed by atoms with van der Waals surface area (Å²) in [5.74, 6) is 0.599. The average Bonchev–Trinajstić information content (AvgIpc) is 3.26. The minimum absolute atomic E-state index is 0.237. The molecule has 0 radical (unpaired) electrons. The predicted molar refractivity (Wildman–Crippen MR) is 110 cm³/mol. The van der Waals surface area contributed by atoms with Gasteiger partial charge in [-0.25, -0.2) is 4.79 Å². The van der Waals surface area contributed by atoms with Crippen LogP contribution in [0.3, 0.4) is 0 Å². The molecule has 0 saturated carbocycles. The summed E-state index contributed by atoms with van der Waals surface area (Å²) in [6.45, 7) is 3.64. The van der Waals surface area contributed by atoms with E-state index < -0.39 is 0 Å². The minimum Gasteiger partial charge on any atom is -0.397 e. The number of carbonyl (C=O) groups is 1. The number of nitrogens with two attached hydrogens (primary N) is 1. The number of amidine groups is 1. The minimum atomic E-state index is -0.348. The van der Waals surface area contributed by atoms with Crippen LogP contribution in [0.2, 0.25) is 0 Å². The van der Waals surface area contributed by atoms with E-state index in [9.17, 15) is 4.79 Å². The highest BCUT2D eigenvalue weighted by molar-refractivity contribution is 6.17. The Bertz CT molecular complexity index is 1070. The van der Waals surface area contributed by atoms with Crippen molar-refractivity contribution in [2.24, 2.45) is 4.99 Å². The number of anilines is 3. The van der Waals surface area contributed by atoms with E-state index in [1.54, 1.807) is 24.2 Å². The number of benzene rings is 2. The maximum Gasteiger partial charge on any atom is 0.328 e. The van der Waals surface area contributed by atoms with E-state index in [0.29, 0.717) is 17.2 Å². The third-order valence-electron chi connectivity index (χ3n) is 4.68. The number of fused-ring (bicyclic) bond motifs is 1. The molecule has 27 heavy (non-hydrogen) atoms. The van der Waals surface area contributed by atoms with Gasteiger partial charge in [-0.2, -0.15) is 0 Å². The number of aliphatic imine (C=N–C) groups is 1. The van der Waals surface area contributed by atoms with Crippen molar-refractivity contribution < 1.29 is 4.79 Å². The second-order valence-electron chi connectivity index (χ2n) is 6.26. The number of aromatic nitrogens is 1. The summed E-state index contributed by atoms with van der Waals surface area (Å²) in [7, 11) is 1.67. The fraction of sp³-hybridized carbons (Fsp3) is 0.100. The zero-order valence-corrected chi connectivity index (χ0v) is 14.9. The van der Waals surface area contributed by atoms with Gasteiger partial charge in [-0.15, -0.1) is 0 Å². The first-order chi connectivity index (χ1) is 13.1. The van der Waals surface area contributed by atoms with Crippen molar-refractivity contribution >= 4 is 39.8 Å². The summed E-state index contributed by atoms with van der Waals surface area (Å²) in [4.78, 5) is 21.9. The van der Waals surface area contributed by atoms with Crippen molar-refractivity contribution in [3.8, 4) is 0 Å². The Morgan fingerprint density at radius 2 is 2.11 bits per heavy atom. The Morgan fingerprint density at radius 1 is 1.26 bits per heavy atom. The topological polar surface area (TPSA) is 98.5 Å². The van der Waals surface area contributed by atoms with Crippen molar-refractivity contribution in [2.75, 3.05) is 23.0 Å². The van der Waals surface area contributed by atoms with Gasteiger partial charge in [-0.3, -0.25) is 15.2 Å². The van der Waals surface area contributed by atoms with E-state index in [-0.39, 0.29) is 12.1 Å². The van der Waals surface area contributed by atoms with Crippen LogP contribution in [0, 0.1) is 0 Å². The van der Waals surface area contributed by atoms with Gasteiger partial charge in [0.25, 0.3) is 0 Å². The Labute approximate surface area is 156 Å². The van der Waals surface area contributed by atoms with Gasteiger partial charge in [0.2, 0.25) is 0 Å². The van der Waals surface area contributed by atoms with Crippen LogP contribution in [0.15, 0.2) is 66.4 Å². The van der Waals surface area contributed by atoms with Crippen molar-refractivity contribution in [2.45, 2.75) is 6.04 Å². The third kappa shape index (κ3) is 2.79. The van der Waals surface area contributed by atoms with Gasteiger partial charge >= 0.3 is 6.03 Å². The number of nitrogens with zero attached hydrogens (tertiary/aromatic N) is 2. The van der Waals surface area contributed by atoms with E-state index in [0.717, 1.165) is 22.2 Å². The second kappa shape index (κ2) is 6.53. The molecule has 1 atom stereocenters. The van der Waals surface area contributed by atoms with Crippen molar-refractivity contribution in [3.63, 3.8) is 0 Å². The molecule has 0 spiro atoms. The molecule has 0 bridgehead atoms. The zero-order chi connectivity index (χ0) is 19.0. The standard InChI is InChI=1S/C20H20N6O/c1-3-23-17-7-5-14(11-15(17)21)26-18(19(22-2)25-20(26)27)13-4-6-16-12(10-13)8-9-24-16/h3-11,18,23-24H,1,21H2,2H3,(H,22,25,27). The van der Waals surface area contributed by atoms with E-state index in [1.165, 1.54) is 0 Å². The fourth-order valence-electron chi connectivity index (χ4n) is 3.41. The Morgan fingerprint density at radius 3 is 2.85 bits per heavy atom. The maximum absolute atomic E-state index is 12.7. The first-order valence-electron chi connectivity index (χ1n) is 8.53. The first kappa shape index (κ1) is 16.7. The molecule has 3 aromatic rings. The van der Waals surface area contributed by atoms with E-state index in [2.05, 4.69) is 33.3 Å². The average molecular weight is 360 g/mol. The van der Waals surface area contributed by atoms with Crippen molar-refractivity contribution in [1.29, 1.82) is 0 Å². The molecule has 2 amide bonds. The van der Waals surface area contributed by atoms with Gasteiger partial charge in [0.15, 0.2) is 0 Å². The van der Waals surface area contributed by atoms with Crippen molar-refractivity contribution in [1.82, 2.24) is 10.3 Å². The molecule has 1 aromatic heterocycles. The molecule has 5 N–H and O–H groups in total. The number of rotatable bonds is 4. The smallest absolute Gasteiger partial charge is 0.328 e. The van der Waals surface area contributed by atoms with Crippen LogP contribution in [0.5, 0.6) is 0 Å². The molecule has 2 heterocycles. The molecular formula is C20H20N6O. The lowest BCUT2D eigenvalue weighted by Gasteiger charge is -2.24. The lowest BCUT2D eigenvalue weighted by atomic mass is 10.0.